The van der Waals surface area contributed by atoms with Crippen LogP contribution in [0.2, 0.25) is 0 Å². The molecule has 0 saturated heterocycles. The lowest BCUT2D eigenvalue weighted by atomic mass is 10.2. The second-order valence-corrected chi connectivity index (χ2v) is 2.73. The summed E-state index contributed by atoms with van der Waals surface area (Å²) < 4.78 is 0. The first-order chi connectivity index (χ1) is 5.63. The van der Waals surface area contributed by atoms with Crippen LogP contribution in [0.1, 0.15) is 5.56 Å². The number of nitrogens with one attached hydrogen (secondary N) is 1. The van der Waals surface area contributed by atoms with Gasteiger partial charge in [-0.2, -0.15) is 0 Å². The Labute approximate surface area is 72.3 Å². The average molecular weight is 163 g/mol. The normalized spacial score (nSPS) is 9.50. The van der Waals surface area contributed by atoms with E-state index in [4.69, 9.17) is 11.1 Å². The van der Waals surface area contributed by atoms with Gasteiger partial charge >= 0.3 is 0 Å². The molecule has 0 unspecified atom stereocenters. The summed E-state index contributed by atoms with van der Waals surface area (Å²) in [6.07, 6.45) is 0. The minimum atomic E-state index is 0.0595. The summed E-state index contributed by atoms with van der Waals surface area (Å²) in [5, 5.41) is 7.24. The summed E-state index contributed by atoms with van der Waals surface area (Å²) >= 11 is 0. The van der Waals surface area contributed by atoms with Crippen molar-refractivity contribution in [2.24, 2.45) is 5.73 Å². The van der Waals surface area contributed by atoms with Gasteiger partial charge in [0.2, 0.25) is 0 Å². The molecule has 0 aliphatic carbocycles. The van der Waals surface area contributed by atoms with Gasteiger partial charge in [-0.1, -0.05) is 18.2 Å². The van der Waals surface area contributed by atoms with E-state index in [9.17, 15) is 0 Å². The molecule has 3 nitrogen and oxygen atoms in total. The number of benzene rings is 1. The molecule has 0 atom stereocenters. The highest BCUT2D eigenvalue weighted by atomic mass is 15.2. The molecular weight excluding hydrogens is 150 g/mol. The minimum Gasteiger partial charge on any atom is -0.370 e. The van der Waals surface area contributed by atoms with Gasteiger partial charge in [0, 0.05) is 12.7 Å². The van der Waals surface area contributed by atoms with Gasteiger partial charge in [0.15, 0.2) is 5.96 Å². The average Bonchev–Trinajstić information content (AvgIpc) is 2.04. The fraction of sp³-hybridized carbons (Fsp3) is 0.222. The summed E-state index contributed by atoms with van der Waals surface area (Å²) in [6, 6.07) is 7.83. The summed E-state index contributed by atoms with van der Waals surface area (Å²) in [6.45, 7) is 1.99. The molecule has 0 bridgehead atoms. The van der Waals surface area contributed by atoms with E-state index in [1.54, 1.807) is 11.9 Å². The Hall–Kier alpha value is -1.51. The summed E-state index contributed by atoms with van der Waals surface area (Å²) in [4.78, 5) is 1.65. The molecule has 64 valence electrons. The molecular formula is C9H13N3. The van der Waals surface area contributed by atoms with Gasteiger partial charge in [0.25, 0.3) is 0 Å². The standard InChI is InChI=1S/C9H13N3/c1-7-5-3-4-6-8(7)12(2)9(10)11/h3-6H,1-2H3,(H3,10,11). The Morgan fingerprint density at radius 3 is 2.50 bits per heavy atom. The smallest absolute Gasteiger partial charge is 0.192 e. The van der Waals surface area contributed by atoms with Crippen molar-refractivity contribution < 1.29 is 0 Å². The van der Waals surface area contributed by atoms with E-state index in [-0.39, 0.29) is 5.96 Å². The third-order valence-corrected chi connectivity index (χ3v) is 1.84. The fourth-order valence-corrected chi connectivity index (χ4v) is 1.07. The lowest BCUT2D eigenvalue weighted by molar-refractivity contribution is 1.18. The van der Waals surface area contributed by atoms with Crippen molar-refractivity contribution in [3.05, 3.63) is 29.8 Å². The van der Waals surface area contributed by atoms with E-state index in [0.29, 0.717) is 0 Å². The molecule has 1 aromatic rings. The van der Waals surface area contributed by atoms with E-state index in [2.05, 4.69) is 0 Å². The molecule has 0 spiro atoms. The van der Waals surface area contributed by atoms with Crippen LogP contribution in [0.15, 0.2) is 24.3 Å². The molecule has 12 heavy (non-hydrogen) atoms. The first-order valence-electron chi connectivity index (χ1n) is 3.76. The molecule has 0 aliphatic rings. The molecule has 1 aromatic carbocycles. The Morgan fingerprint density at radius 2 is 2.00 bits per heavy atom. The van der Waals surface area contributed by atoms with Crippen molar-refractivity contribution in [2.45, 2.75) is 6.92 Å². The van der Waals surface area contributed by atoms with Crippen LogP contribution in [-0.4, -0.2) is 13.0 Å². The number of guanidine groups is 1. The Kier molecular flexibility index (Phi) is 2.33. The highest BCUT2D eigenvalue weighted by Crippen LogP contribution is 2.16. The van der Waals surface area contributed by atoms with Crippen molar-refractivity contribution in [1.82, 2.24) is 0 Å². The van der Waals surface area contributed by atoms with E-state index >= 15 is 0 Å². The third-order valence-electron chi connectivity index (χ3n) is 1.84. The first-order valence-corrected chi connectivity index (χ1v) is 3.76. The molecule has 0 saturated carbocycles. The van der Waals surface area contributed by atoms with Gasteiger partial charge in [0.05, 0.1) is 0 Å². The number of nitrogens with zero attached hydrogens (tertiary/aromatic N) is 1. The van der Waals surface area contributed by atoms with Crippen molar-refractivity contribution in [2.75, 3.05) is 11.9 Å². The molecule has 1 rings (SSSR count). The van der Waals surface area contributed by atoms with Crippen LogP contribution in [0.3, 0.4) is 0 Å². The Morgan fingerprint density at radius 1 is 1.42 bits per heavy atom. The zero-order chi connectivity index (χ0) is 9.14. The van der Waals surface area contributed by atoms with Gasteiger partial charge in [-0.05, 0) is 18.6 Å². The fourth-order valence-electron chi connectivity index (χ4n) is 1.07. The molecule has 0 aromatic heterocycles. The largest absolute Gasteiger partial charge is 0.370 e. The Bertz CT molecular complexity index is 294. The van der Waals surface area contributed by atoms with Gasteiger partial charge in [-0.25, -0.2) is 0 Å². The predicted octanol–water partition coefficient (Wildman–Crippen LogP) is 1.32. The van der Waals surface area contributed by atoms with Crippen molar-refractivity contribution in [3.8, 4) is 0 Å². The zero-order valence-electron chi connectivity index (χ0n) is 7.33. The maximum Gasteiger partial charge on any atom is 0.192 e. The van der Waals surface area contributed by atoms with Crippen LogP contribution in [0, 0.1) is 12.3 Å². The molecule has 0 amide bonds. The van der Waals surface area contributed by atoms with E-state index < -0.39 is 0 Å². The minimum absolute atomic E-state index is 0.0595. The van der Waals surface area contributed by atoms with Gasteiger partial charge in [-0.3, -0.25) is 5.41 Å². The predicted molar refractivity (Wildman–Crippen MR) is 51.5 cm³/mol. The van der Waals surface area contributed by atoms with Crippen LogP contribution in [-0.2, 0) is 0 Å². The maximum atomic E-state index is 7.24. The van der Waals surface area contributed by atoms with Gasteiger partial charge in [0.1, 0.15) is 0 Å². The molecule has 0 fully saturated rings. The maximum absolute atomic E-state index is 7.24. The number of aryl methyl sites for hydroxylation is 1. The number of para-hydroxylation sites is 1. The highest BCUT2D eigenvalue weighted by Gasteiger charge is 2.04. The number of nitrogens with two attached hydrogens (primary N) is 1. The molecule has 0 radical (unpaired) electrons. The molecule has 0 heterocycles. The Balaban J connectivity index is 3.02. The zero-order valence-corrected chi connectivity index (χ0v) is 7.33. The van der Waals surface area contributed by atoms with E-state index in [0.717, 1.165) is 11.3 Å². The highest BCUT2D eigenvalue weighted by molar-refractivity contribution is 5.92. The molecule has 3 heteroatoms. The summed E-state index contributed by atoms with van der Waals surface area (Å²) in [5.74, 6) is 0.0595. The number of hydrogen-bond donors (Lipinski definition) is 2. The molecule has 0 aliphatic heterocycles. The van der Waals surface area contributed by atoms with Gasteiger partial charge < -0.3 is 10.6 Å². The summed E-state index contributed by atoms with van der Waals surface area (Å²) in [7, 11) is 1.78. The molecule has 3 N–H and O–H groups in total. The van der Waals surface area contributed by atoms with E-state index in [1.807, 2.05) is 31.2 Å². The number of anilines is 1. The third kappa shape index (κ3) is 1.56. The number of rotatable bonds is 1. The topological polar surface area (TPSA) is 53.1 Å². The quantitative estimate of drug-likeness (QED) is 0.484. The lowest BCUT2D eigenvalue weighted by Gasteiger charge is -2.18. The van der Waals surface area contributed by atoms with Crippen LogP contribution in [0.5, 0.6) is 0 Å². The number of hydrogen-bond acceptors (Lipinski definition) is 1. The van der Waals surface area contributed by atoms with Crippen LogP contribution in [0.25, 0.3) is 0 Å². The second-order valence-electron chi connectivity index (χ2n) is 2.73. The van der Waals surface area contributed by atoms with Crippen LogP contribution >= 0.6 is 0 Å². The lowest BCUT2D eigenvalue weighted by Crippen LogP contribution is -2.33. The SMILES string of the molecule is Cc1ccccc1N(C)C(=N)N. The van der Waals surface area contributed by atoms with Gasteiger partial charge in [-0.15, -0.1) is 0 Å². The van der Waals surface area contributed by atoms with Crippen molar-refractivity contribution in [3.63, 3.8) is 0 Å². The first kappa shape index (κ1) is 8.59. The van der Waals surface area contributed by atoms with Crippen molar-refractivity contribution in [1.29, 1.82) is 5.41 Å². The van der Waals surface area contributed by atoms with E-state index in [1.165, 1.54) is 0 Å². The second kappa shape index (κ2) is 3.26. The monoisotopic (exact) mass is 163 g/mol. The van der Waals surface area contributed by atoms with Crippen LogP contribution < -0.4 is 10.6 Å². The van der Waals surface area contributed by atoms with Crippen LogP contribution in [0.4, 0.5) is 5.69 Å². The summed E-state index contributed by atoms with van der Waals surface area (Å²) in [5.41, 5.74) is 7.44. The van der Waals surface area contributed by atoms with Crippen molar-refractivity contribution >= 4 is 11.6 Å².